The highest BCUT2D eigenvalue weighted by Crippen LogP contribution is 2.35. The number of hydrogen-bond donors (Lipinski definition) is 0. The summed E-state index contributed by atoms with van der Waals surface area (Å²) in [6.07, 6.45) is 5.48. The Labute approximate surface area is 180 Å². The molecule has 1 aliphatic rings. The molecule has 30 heavy (non-hydrogen) atoms. The fourth-order valence-electron chi connectivity index (χ4n) is 4.12. The van der Waals surface area contributed by atoms with Gasteiger partial charge in [0.1, 0.15) is 0 Å². The zero-order chi connectivity index (χ0) is 21.9. The van der Waals surface area contributed by atoms with Crippen LogP contribution in [0.5, 0.6) is 0 Å². The van der Waals surface area contributed by atoms with Crippen molar-refractivity contribution in [2.75, 3.05) is 19.6 Å². The van der Waals surface area contributed by atoms with Crippen molar-refractivity contribution in [3.63, 3.8) is 0 Å². The van der Waals surface area contributed by atoms with Crippen LogP contribution in [0, 0.1) is 0 Å². The first-order valence-corrected chi connectivity index (χ1v) is 13.3. The average molecular weight is 454 g/mol. The second kappa shape index (κ2) is 9.21. The minimum Gasteiger partial charge on any atom is -0.353 e. The van der Waals surface area contributed by atoms with E-state index in [1.807, 2.05) is 29.9 Å². The molecule has 0 bridgehead atoms. The molecule has 166 valence electrons. The van der Waals surface area contributed by atoms with Gasteiger partial charge in [0.25, 0.3) is 0 Å². The van der Waals surface area contributed by atoms with E-state index in [4.69, 9.17) is 0 Å². The quantitative estimate of drug-likeness (QED) is 0.644. The Balaban J connectivity index is 1.96. The summed E-state index contributed by atoms with van der Waals surface area (Å²) in [4.78, 5) is 0.238. The van der Waals surface area contributed by atoms with Gasteiger partial charge in [-0.05, 0) is 49.2 Å². The Morgan fingerprint density at radius 2 is 1.57 bits per heavy atom. The molecule has 0 amide bonds. The SMILES string of the molecule is CCN(CC)S(=O)(=O)c1ccc(S(=O)(=O)N2CCCCCC2c2cccn2C)cc1. The minimum atomic E-state index is -3.76. The molecule has 0 saturated carbocycles. The predicted molar refractivity (Wildman–Crippen MR) is 117 cm³/mol. The van der Waals surface area contributed by atoms with E-state index >= 15 is 0 Å². The van der Waals surface area contributed by atoms with Gasteiger partial charge in [-0.25, -0.2) is 16.8 Å². The van der Waals surface area contributed by atoms with Crippen molar-refractivity contribution in [2.45, 2.75) is 55.4 Å². The first-order valence-electron chi connectivity index (χ1n) is 10.5. The van der Waals surface area contributed by atoms with Gasteiger partial charge in [-0.15, -0.1) is 0 Å². The van der Waals surface area contributed by atoms with E-state index in [1.165, 1.54) is 28.6 Å². The molecule has 1 aromatic carbocycles. The lowest BCUT2D eigenvalue weighted by molar-refractivity contribution is 0.318. The van der Waals surface area contributed by atoms with Crippen LogP contribution in [0.25, 0.3) is 0 Å². The van der Waals surface area contributed by atoms with Gasteiger partial charge in [-0.1, -0.05) is 26.7 Å². The third-order valence-electron chi connectivity index (χ3n) is 5.80. The Morgan fingerprint density at radius 1 is 0.933 bits per heavy atom. The lowest BCUT2D eigenvalue weighted by Gasteiger charge is -2.29. The van der Waals surface area contributed by atoms with Gasteiger partial charge in [0, 0.05) is 38.6 Å². The molecule has 2 aromatic rings. The highest BCUT2D eigenvalue weighted by atomic mass is 32.2. The number of aromatic nitrogens is 1. The maximum Gasteiger partial charge on any atom is 0.243 e. The van der Waals surface area contributed by atoms with Crippen LogP contribution in [0.1, 0.15) is 51.3 Å². The Kier molecular flexibility index (Phi) is 7.06. The molecule has 1 unspecified atom stereocenters. The third kappa shape index (κ3) is 4.34. The summed E-state index contributed by atoms with van der Waals surface area (Å²) >= 11 is 0. The summed E-state index contributed by atoms with van der Waals surface area (Å²) in [6.45, 7) is 4.75. The smallest absolute Gasteiger partial charge is 0.243 e. The van der Waals surface area contributed by atoms with Gasteiger partial charge in [-0.3, -0.25) is 0 Å². The molecule has 1 saturated heterocycles. The van der Waals surface area contributed by atoms with Gasteiger partial charge in [-0.2, -0.15) is 8.61 Å². The second-order valence-electron chi connectivity index (χ2n) is 7.59. The molecule has 0 N–H and O–H groups in total. The van der Waals surface area contributed by atoms with E-state index in [1.54, 1.807) is 18.2 Å². The van der Waals surface area contributed by atoms with Crippen LogP contribution in [-0.4, -0.2) is 49.6 Å². The van der Waals surface area contributed by atoms with E-state index in [0.717, 1.165) is 31.4 Å². The molecule has 1 atom stereocenters. The molecule has 0 spiro atoms. The van der Waals surface area contributed by atoms with Gasteiger partial charge >= 0.3 is 0 Å². The summed E-state index contributed by atoms with van der Waals surface area (Å²) in [5.41, 5.74) is 0.973. The average Bonchev–Trinajstić information content (AvgIpc) is 2.99. The monoisotopic (exact) mass is 453 g/mol. The third-order valence-corrected chi connectivity index (χ3v) is 9.79. The Hall–Kier alpha value is -1.68. The van der Waals surface area contributed by atoms with Crippen LogP contribution in [0.2, 0.25) is 0 Å². The molecule has 3 rings (SSSR count). The molecule has 1 aliphatic heterocycles. The maximum absolute atomic E-state index is 13.5. The summed E-state index contributed by atoms with van der Waals surface area (Å²) in [5, 5.41) is 0. The second-order valence-corrected chi connectivity index (χ2v) is 11.4. The number of sulfonamides is 2. The molecule has 0 radical (unpaired) electrons. The van der Waals surface area contributed by atoms with Crippen molar-refractivity contribution in [3.8, 4) is 0 Å². The van der Waals surface area contributed by atoms with E-state index in [0.29, 0.717) is 19.6 Å². The Bertz CT molecular complexity index is 1060. The molecular weight excluding hydrogens is 422 g/mol. The maximum atomic E-state index is 13.5. The standard InChI is InChI=1S/C21H31N3O4S2/c1-4-23(5-2)29(25,26)18-12-14-19(15-13-18)30(27,28)24-17-8-6-7-10-21(24)20-11-9-16-22(20)3/h9,11-16,21H,4-8,10,17H2,1-3H3. The van der Waals surface area contributed by atoms with Gasteiger partial charge in [0.05, 0.1) is 15.8 Å². The van der Waals surface area contributed by atoms with Crippen LogP contribution in [0.15, 0.2) is 52.4 Å². The van der Waals surface area contributed by atoms with Crippen LogP contribution >= 0.6 is 0 Å². The summed E-state index contributed by atoms with van der Waals surface area (Å²) < 4.78 is 57.4. The molecule has 2 heterocycles. The highest BCUT2D eigenvalue weighted by molar-refractivity contribution is 7.89. The first kappa shape index (κ1) is 23.0. The number of rotatable bonds is 7. The zero-order valence-corrected chi connectivity index (χ0v) is 19.5. The van der Waals surface area contributed by atoms with Crippen LogP contribution < -0.4 is 0 Å². The fourth-order valence-corrected chi connectivity index (χ4v) is 7.24. The minimum absolute atomic E-state index is 0.111. The largest absolute Gasteiger partial charge is 0.353 e. The van der Waals surface area contributed by atoms with Gasteiger partial charge in [0.2, 0.25) is 20.0 Å². The van der Waals surface area contributed by atoms with Crippen molar-refractivity contribution in [1.82, 2.24) is 13.2 Å². The van der Waals surface area contributed by atoms with Gasteiger partial charge in [0.15, 0.2) is 0 Å². The lowest BCUT2D eigenvalue weighted by atomic mass is 10.1. The lowest BCUT2D eigenvalue weighted by Crippen LogP contribution is -2.35. The van der Waals surface area contributed by atoms with Crippen molar-refractivity contribution >= 4 is 20.0 Å². The molecule has 0 aliphatic carbocycles. The molecule has 9 heteroatoms. The molecule has 1 aromatic heterocycles. The van der Waals surface area contributed by atoms with Crippen molar-refractivity contribution < 1.29 is 16.8 Å². The topological polar surface area (TPSA) is 79.7 Å². The number of nitrogens with zero attached hydrogens (tertiary/aromatic N) is 3. The van der Waals surface area contributed by atoms with Crippen LogP contribution in [-0.2, 0) is 27.1 Å². The van der Waals surface area contributed by atoms with Crippen LogP contribution in [0.3, 0.4) is 0 Å². The number of benzene rings is 1. The summed E-state index contributed by atoms with van der Waals surface area (Å²) in [7, 11) is -5.46. The predicted octanol–water partition coefficient (Wildman–Crippen LogP) is 3.36. The van der Waals surface area contributed by atoms with Crippen molar-refractivity contribution in [3.05, 3.63) is 48.3 Å². The summed E-state index contributed by atoms with van der Waals surface area (Å²) in [6, 6.07) is 9.30. The van der Waals surface area contributed by atoms with E-state index in [-0.39, 0.29) is 15.8 Å². The number of aryl methyl sites for hydroxylation is 1. The van der Waals surface area contributed by atoms with E-state index in [2.05, 4.69) is 0 Å². The summed E-state index contributed by atoms with van der Waals surface area (Å²) in [5.74, 6) is 0. The molecule has 7 nitrogen and oxygen atoms in total. The van der Waals surface area contributed by atoms with Crippen LogP contribution in [0.4, 0.5) is 0 Å². The fraction of sp³-hybridized carbons (Fsp3) is 0.524. The normalized spacial score (nSPS) is 19.1. The first-order chi connectivity index (χ1) is 14.2. The zero-order valence-electron chi connectivity index (χ0n) is 17.9. The molecule has 1 fully saturated rings. The van der Waals surface area contributed by atoms with Gasteiger partial charge < -0.3 is 4.57 Å². The van der Waals surface area contributed by atoms with E-state index < -0.39 is 20.0 Å². The Morgan fingerprint density at radius 3 is 2.13 bits per heavy atom. The van der Waals surface area contributed by atoms with E-state index in [9.17, 15) is 16.8 Å². The number of hydrogen-bond acceptors (Lipinski definition) is 4. The molecular formula is C21H31N3O4S2. The van der Waals surface area contributed by atoms with Crippen molar-refractivity contribution in [1.29, 1.82) is 0 Å². The highest BCUT2D eigenvalue weighted by Gasteiger charge is 2.34. The van der Waals surface area contributed by atoms with Crippen molar-refractivity contribution in [2.24, 2.45) is 7.05 Å².